The first-order valence-electron chi connectivity index (χ1n) is 8.79. The molecule has 1 aliphatic heterocycles. The zero-order chi connectivity index (χ0) is 17.5. The van der Waals surface area contributed by atoms with Crippen LogP contribution in [-0.2, 0) is 4.74 Å². The SMILES string of the molecule is C[C@@H](c1ccccc1)n1cc(C(=O)NCCCN2CCOCC2)nn1. The van der Waals surface area contributed by atoms with Gasteiger partial charge in [0.25, 0.3) is 5.91 Å². The number of benzene rings is 1. The summed E-state index contributed by atoms with van der Waals surface area (Å²) >= 11 is 0. The predicted octanol–water partition coefficient (Wildman–Crippen LogP) is 1.34. The number of hydrogen-bond acceptors (Lipinski definition) is 5. The molecule has 7 nitrogen and oxygen atoms in total. The molecule has 0 aliphatic carbocycles. The van der Waals surface area contributed by atoms with Gasteiger partial charge in [-0.15, -0.1) is 5.10 Å². The molecule has 1 atom stereocenters. The lowest BCUT2D eigenvalue weighted by molar-refractivity contribution is 0.0374. The van der Waals surface area contributed by atoms with Crippen molar-refractivity contribution in [3.05, 3.63) is 47.8 Å². The third kappa shape index (κ3) is 4.87. The molecule has 1 N–H and O–H groups in total. The number of rotatable bonds is 7. The molecule has 0 bridgehead atoms. The van der Waals surface area contributed by atoms with Crippen LogP contribution in [0.5, 0.6) is 0 Å². The van der Waals surface area contributed by atoms with E-state index in [0.717, 1.165) is 44.8 Å². The summed E-state index contributed by atoms with van der Waals surface area (Å²) in [4.78, 5) is 14.6. The quantitative estimate of drug-likeness (QED) is 0.768. The lowest BCUT2D eigenvalue weighted by Gasteiger charge is -2.26. The monoisotopic (exact) mass is 343 g/mol. The highest BCUT2D eigenvalue weighted by Gasteiger charge is 2.15. The van der Waals surface area contributed by atoms with Crippen molar-refractivity contribution in [2.24, 2.45) is 0 Å². The van der Waals surface area contributed by atoms with Crippen LogP contribution in [0.1, 0.15) is 35.4 Å². The van der Waals surface area contributed by atoms with Crippen molar-refractivity contribution in [1.29, 1.82) is 0 Å². The fourth-order valence-corrected chi connectivity index (χ4v) is 2.87. The number of carbonyl (C=O) groups is 1. The van der Waals surface area contributed by atoms with E-state index in [1.165, 1.54) is 0 Å². The maximum atomic E-state index is 12.2. The molecule has 25 heavy (non-hydrogen) atoms. The van der Waals surface area contributed by atoms with Gasteiger partial charge in [-0.25, -0.2) is 4.68 Å². The summed E-state index contributed by atoms with van der Waals surface area (Å²) in [6, 6.07) is 10.1. The fourth-order valence-electron chi connectivity index (χ4n) is 2.87. The van der Waals surface area contributed by atoms with Gasteiger partial charge in [0.2, 0.25) is 0 Å². The Morgan fingerprint density at radius 1 is 1.28 bits per heavy atom. The Hall–Kier alpha value is -2.25. The van der Waals surface area contributed by atoms with E-state index in [4.69, 9.17) is 4.74 Å². The van der Waals surface area contributed by atoms with Crippen LogP contribution in [0, 0.1) is 0 Å². The first kappa shape index (κ1) is 17.6. The Bertz CT molecular complexity index is 667. The third-order valence-electron chi connectivity index (χ3n) is 4.46. The van der Waals surface area contributed by atoms with Gasteiger partial charge in [0.05, 0.1) is 25.5 Å². The summed E-state index contributed by atoms with van der Waals surface area (Å²) in [6.07, 6.45) is 2.62. The average Bonchev–Trinajstić information content (AvgIpc) is 3.16. The second-order valence-corrected chi connectivity index (χ2v) is 6.23. The highest BCUT2D eigenvalue weighted by Crippen LogP contribution is 2.16. The van der Waals surface area contributed by atoms with Crippen molar-refractivity contribution in [2.75, 3.05) is 39.4 Å². The van der Waals surface area contributed by atoms with Crippen molar-refractivity contribution in [3.8, 4) is 0 Å². The van der Waals surface area contributed by atoms with Crippen LogP contribution in [0.15, 0.2) is 36.5 Å². The van der Waals surface area contributed by atoms with E-state index < -0.39 is 0 Å². The van der Waals surface area contributed by atoms with E-state index in [1.54, 1.807) is 10.9 Å². The minimum Gasteiger partial charge on any atom is -0.379 e. The minimum atomic E-state index is -0.173. The van der Waals surface area contributed by atoms with Gasteiger partial charge in [-0.3, -0.25) is 9.69 Å². The molecule has 1 fully saturated rings. The molecule has 7 heteroatoms. The highest BCUT2D eigenvalue weighted by atomic mass is 16.5. The van der Waals surface area contributed by atoms with Gasteiger partial charge in [-0.05, 0) is 25.5 Å². The Morgan fingerprint density at radius 3 is 2.80 bits per heavy atom. The Balaban J connectivity index is 1.45. The van der Waals surface area contributed by atoms with Crippen molar-refractivity contribution in [2.45, 2.75) is 19.4 Å². The lowest BCUT2D eigenvalue weighted by atomic mass is 10.1. The molecule has 1 amide bonds. The molecule has 0 spiro atoms. The first-order chi connectivity index (χ1) is 12.2. The van der Waals surface area contributed by atoms with Gasteiger partial charge in [-0.1, -0.05) is 35.5 Å². The number of ether oxygens (including phenoxy) is 1. The summed E-state index contributed by atoms with van der Waals surface area (Å²) in [5.41, 5.74) is 1.49. The Kier molecular flexibility index (Phi) is 6.14. The first-order valence-corrected chi connectivity index (χ1v) is 8.79. The molecule has 0 unspecified atom stereocenters. The highest BCUT2D eigenvalue weighted by molar-refractivity contribution is 5.91. The van der Waals surface area contributed by atoms with E-state index in [-0.39, 0.29) is 11.9 Å². The average molecular weight is 343 g/mol. The smallest absolute Gasteiger partial charge is 0.273 e. The molecule has 134 valence electrons. The second-order valence-electron chi connectivity index (χ2n) is 6.23. The van der Waals surface area contributed by atoms with Crippen LogP contribution in [0.2, 0.25) is 0 Å². The van der Waals surface area contributed by atoms with Crippen molar-refractivity contribution in [1.82, 2.24) is 25.2 Å². The molecule has 0 radical (unpaired) electrons. The summed E-state index contributed by atoms with van der Waals surface area (Å²) < 4.78 is 7.05. The van der Waals surface area contributed by atoms with Crippen molar-refractivity contribution in [3.63, 3.8) is 0 Å². The van der Waals surface area contributed by atoms with E-state index in [2.05, 4.69) is 20.5 Å². The van der Waals surface area contributed by atoms with Crippen LogP contribution in [0.25, 0.3) is 0 Å². The van der Waals surface area contributed by atoms with Crippen LogP contribution in [-0.4, -0.2) is 65.2 Å². The summed E-state index contributed by atoms with van der Waals surface area (Å²) in [7, 11) is 0. The van der Waals surface area contributed by atoms with Gasteiger partial charge in [-0.2, -0.15) is 0 Å². The van der Waals surface area contributed by atoms with Gasteiger partial charge in [0.1, 0.15) is 0 Å². The molecule has 0 saturated carbocycles. The number of hydrogen-bond donors (Lipinski definition) is 1. The van der Waals surface area contributed by atoms with E-state index in [0.29, 0.717) is 12.2 Å². The van der Waals surface area contributed by atoms with Crippen LogP contribution >= 0.6 is 0 Å². The number of nitrogens with one attached hydrogen (secondary N) is 1. The predicted molar refractivity (Wildman–Crippen MR) is 94.5 cm³/mol. The number of amides is 1. The molecule has 1 aromatic carbocycles. The molecule has 3 rings (SSSR count). The maximum Gasteiger partial charge on any atom is 0.273 e. The summed E-state index contributed by atoms with van der Waals surface area (Å²) in [5, 5.41) is 11.0. The van der Waals surface area contributed by atoms with Crippen LogP contribution < -0.4 is 5.32 Å². The minimum absolute atomic E-state index is 0.0385. The topological polar surface area (TPSA) is 72.3 Å². The van der Waals surface area contributed by atoms with Gasteiger partial charge in [0.15, 0.2) is 5.69 Å². The van der Waals surface area contributed by atoms with Gasteiger partial charge in [0, 0.05) is 19.6 Å². The molecular weight excluding hydrogens is 318 g/mol. The lowest BCUT2D eigenvalue weighted by Crippen LogP contribution is -2.38. The second kappa shape index (κ2) is 8.73. The standard InChI is InChI=1S/C18H25N5O2/c1-15(16-6-3-2-4-7-16)23-14-17(20-21-23)18(24)19-8-5-9-22-10-12-25-13-11-22/h2-4,6-7,14-15H,5,8-13H2,1H3,(H,19,24)/t15-/m0/s1. The number of nitrogens with zero attached hydrogens (tertiary/aromatic N) is 4. The van der Waals surface area contributed by atoms with Crippen molar-refractivity contribution >= 4 is 5.91 Å². The fraction of sp³-hybridized carbons (Fsp3) is 0.500. The van der Waals surface area contributed by atoms with Crippen LogP contribution in [0.3, 0.4) is 0 Å². The van der Waals surface area contributed by atoms with Crippen molar-refractivity contribution < 1.29 is 9.53 Å². The van der Waals surface area contributed by atoms with Gasteiger partial charge < -0.3 is 10.1 Å². The van der Waals surface area contributed by atoms with E-state index in [1.807, 2.05) is 37.3 Å². The molecular formula is C18H25N5O2. The van der Waals surface area contributed by atoms with Gasteiger partial charge >= 0.3 is 0 Å². The number of morpholine rings is 1. The zero-order valence-electron chi connectivity index (χ0n) is 14.6. The molecule has 1 saturated heterocycles. The zero-order valence-corrected chi connectivity index (χ0v) is 14.6. The Labute approximate surface area is 148 Å². The van der Waals surface area contributed by atoms with E-state index in [9.17, 15) is 4.79 Å². The Morgan fingerprint density at radius 2 is 2.04 bits per heavy atom. The third-order valence-corrected chi connectivity index (χ3v) is 4.46. The number of aromatic nitrogens is 3. The van der Waals surface area contributed by atoms with Crippen LogP contribution in [0.4, 0.5) is 0 Å². The molecule has 1 aromatic heterocycles. The van der Waals surface area contributed by atoms with E-state index >= 15 is 0 Å². The maximum absolute atomic E-state index is 12.2. The summed E-state index contributed by atoms with van der Waals surface area (Å²) in [5.74, 6) is -0.173. The summed E-state index contributed by atoms with van der Waals surface area (Å²) in [6.45, 7) is 7.19. The molecule has 2 aromatic rings. The normalized spacial score (nSPS) is 16.5. The molecule has 2 heterocycles. The number of carbonyl (C=O) groups excluding carboxylic acids is 1. The largest absolute Gasteiger partial charge is 0.379 e. The molecule has 1 aliphatic rings.